The number of aliphatic hydroxyl groups excluding tert-OH is 2. The summed E-state index contributed by atoms with van der Waals surface area (Å²) in [6, 6.07) is 7.42. The third-order valence-corrected chi connectivity index (χ3v) is 11.4. The number of unbranched alkanes of at least 4 members (excludes halogenated alkanes) is 2. The normalized spacial score (nSPS) is 28.1. The van der Waals surface area contributed by atoms with E-state index in [2.05, 4.69) is 31.7 Å². The van der Waals surface area contributed by atoms with E-state index < -0.39 is 6.29 Å². The predicted molar refractivity (Wildman–Crippen MR) is 172 cm³/mol. The number of ether oxygens (including phenoxy) is 1. The lowest BCUT2D eigenvalue weighted by Crippen LogP contribution is -2.29. The SMILES string of the molecule is C=C(C)C(O)OCCC(CCO)C1CCC(C2CCC(CCC3CCc4cc(CCCCC)ccc4C3)CC2)CC1. The molecule has 3 heteroatoms. The number of hydrogen-bond acceptors (Lipinski definition) is 3. The highest BCUT2D eigenvalue weighted by Gasteiger charge is 2.33. The van der Waals surface area contributed by atoms with Crippen molar-refractivity contribution >= 4 is 0 Å². The van der Waals surface area contributed by atoms with E-state index in [4.69, 9.17) is 4.74 Å². The Labute approximate surface area is 252 Å². The highest BCUT2D eigenvalue weighted by molar-refractivity contribution is 5.34. The number of aliphatic hydroxyl groups is 2. The second-order valence-corrected chi connectivity index (χ2v) is 14.3. The molecule has 2 fully saturated rings. The summed E-state index contributed by atoms with van der Waals surface area (Å²) >= 11 is 0. The van der Waals surface area contributed by atoms with Gasteiger partial charge in [0, 0.05) is 6.61 Å². The molecule has 3 nitrogen and oxygen atoms in total. The van der Waals surface area contributed by atoms with Crippen LogP contribution in [0.5, 0.6) is 0 Å². The summed E-state index contributed by atoms with van der Waals surface area (Å²) < 4.78 is 5.56. The molecular formula is C38H62O3. The van der Waals surface area contributed by atoms with Crippen LogP contribution >= 0.6 is 0 Å². The lowest BCUT2D eigenvalue weighted by atomic mass is 9.66. The van der Waals surface area contributed by atoms with Crippen molar-refractivity contribution in [3.8, 4) is 0 Å². The Hall–Kier alpha value is -1.16. The van der Waals surface area contributed by atoms with Gasteiger partial charge in [0.15, 0.2) is 6.29 Å². The molecule has 0 saturated heterocycles. The first-order valence-electron chi connectivity index (χ1n) is 17.6. The van der Waals surface area contributed by atoms with Crippen LogP contribution in [0, 0.1) is 35.5 Å². The predicted octanol–water partition coefficient (Wildman–Crippen LogP) is 9.22. The van der Waals surface area contributed by atoms with E-state index in [1.807, 2.05) is 0 Å². The summed E-state index contributed by atoms with van der Waals surface area (Å²) in [5.74, 6) is 4.95. The molecule has 0 aromatic heterocycles. The molecule has 3 atom stereocenters. The number of hydrogen-bond donors (Lipinski definition) is 2. The molecule has 232 valence electrons. The third kappa shape index (κ3) is 10.2. The molecule has 1 aromatic rings. The maximum atomic E-state index is 9.88. The van der Waals surface area contributed by atoms with Gasteiger partial charge in [-0.15, -0.1) is 0 Å². The lowest BCUT2D eigenvalue weighted by molar-refractivity contribution is -0.0780. The minimum atomic E-state index is -0.858. The molecule has 3 aliphatic rings. The smallest absolute Gasteiger partial charge is 0.176 e. The van der Waals surface area contributed by atoms with Gasteiger partial charge in [0.25, 0.3) is 0 Å². The van der Waals surface area contributed by atoms with Crippen molar-refractivity contribution < 1.29 is 14.9 Å². The van der Waals surface area contributed by atoms with E-state index in [0.29, 0.717) is 24.0 Å². The van der Waals surface area contributed by atoms with E-state index >= 15 is 0 Å². The Morgan fingerprint density at radius 2 is 1.61 bits per heavy atom. The van der Waals surface area contributed by atoms with Crippen LogP contribution in [0.15, 0.2) is 30.4 Å². The van der Waals surface area contributed by atoms with Gasteiger partial charge in [0.1, 0.15) is 0 Å². The van der Waals surface area contributed by atoms with E-state index in [0.717, 1.165) is 36.5 Å². The van der Waals surface area contributed by atoms with E-state index in [1.54, 1.807) is 23.6 Å². The average molecular weight is 567 g/mol. The molecule has 0 aliphatic heterocycles. The Kier molecular flexibility index (Phi) is 13.7. The van der Waals surface area contributed by atoms with Crippen molar-refractivity contribution in [2.75, 3.05) is 13.2 Å². The fraction of sp³-hybridized carbons (Fsp3) is 0.789. The maximum Gasteiger partial charge on any atom is 0.176 e. The van der Waals surface area contributed by atoms with Crippen molar-refractivity contribution in [3.05, 3.63) is 47.0 Å². The number of aryl methyl sites for hydroxylation is 2. The monoisotopic (exact) mass is 566 g/mol. The topological polar surface area (TPSA) is 49.7 Å². The van der Waals surface area contributed by atoms with Gasteiger partial charge in [-0.25, -0.2) is 0 Å². The molecular weight excluding hydrogens is 504 g/mol. The van der Waals surface area contributed by atoms with Crippen molar-refractivity contribution in [3.63, 3.8) is 0 Å². The molecule has 2 saturated carbocycles. The first-order valence-corrected chi connectivity index (χ1v) is 17.6. The summed E-state index contributed by atoms with van der Waals surface area (Å²) in [6.45, 7) is 8.67. The van der Waals surface area contributed by atoms with Crippen molar-refractivity contribution in [1.82, 2.24) is 0 Å². The molecule has 0 bridgehead atoms. The summed E-state index contributed by atoms with van der Waals surface area (Å²) in [5, 5.41) is 19.5. The summed E-state index contributed by atoms with van der Waals surface area (Å²) in [7, 11) is 0. The van der Waals surface area contributed by atoms with Gasteiger partial charge in [-0.2, -0.15) is 0 Å². The molecule has 0 spiro atoms. The minimum absolute atomic E-state index is 0.255. The quantitative estimate of drug-likeness (QED) is 0.119. The average Bonchev–Trinajstić information content (AvgIpc) is 3.00. The van der Waals surface area contributed by atoms with Crippen LogP contribution in [0.4, 0.5) is 0 Å². The second-order valence-electron chi connectivity index (χ2n) is 14.3. The zero-order valence-electron chi connectivity index (χ0n) is 26.6. The van der Waals surface area contributed by atoms with Crippen molar-refractivity contribution in [2.24, 2.45) is 35.5 Å². The van der Waals surface area contributed by atoms with Crippen LogP contribution in [0.2, 0.25) is 0 Å². The fourth-order valence-corrected chi connectivity index (χ4v) is 8.63. The molecule has 3 aliphatic carbocycles. The van der Waals surface area contributed by atoms with Gasteiger partial charge >= 0.3 is 0 Å². The van der Waals surface area contributed by atoms with Gasteiger partial charge in [0.05, 0.1) is 6.61 Å². The Morgan fingerprint density at radius 3 is 2.29 bits per heavy atom. The largest absolute Gasteiger partial charge is 0.396 e. The number of benzene rings is 1. The van der Waals surface area contributed by atoms with Gasteiger partial charge in [-0.1, -0.05) is 63.8 Å². The minimum Gasteiger partial charge on any atom is -0.396 e. The first kappa shape index (κ1) is 32.7. The van der Waals surface area contributed by atoms with Crippen LogP contribution in [0.25, 0.3) is 0 Å². The van der Waals surface area contributed by atoms with Gasteiger partial charge < -0.3 is 14.9 Å². The molecule has 4 rings (SSSR count). The van der Waals surface area contributed by atoms with Crippen LogP contribution in [-0.4, -0.2) is 29.7 Å². The van der Waals surface area contributed by atoms with Gasteiger partial charge in [-0.05, 0) is 155 Å². The zero-order valence-corrected chi connectivity index (χ0v) is 26.6. The van der Waals surface area contributed by atoms with Crippen molar-refractivity contribution in [2.45, 2.75) is 142 Å². The lowest BCUT2D eigenvalue weighted by Gasteiger charge is -2.40. The highest BCUT2D eigenvalue weighted by atomic mass is 16.6. The standard InChI is InChI=1S/C38H62O3/c1-4-5-6-7-30-12-16-37-27-31(13-17-36(37)26-30)9-8-29-10-14-32(15-11-29)33-18-20-34(21-19-33)35(22-24-39)23-25-41-38(40)28(2)3/h12,16,26,29,31-35,38-40H,2,4-11,13-15,17-25,27H2,1,3H3. The summed E-state index contributed by atoms with van der Waals surface area (Å²) in [4.78, 5) is 0. The summed E-state index contributed by atoms with van der Waals surface area (Å²) in [6.07, 6.45) is 24.3. The molecule has 3 unspecified atom stereocenters. The third-order valence-electron chi connectivity index (χ3n) is 11.4. The van der Waals surface area contributed by atoms with Crippen molar-refractivity contribution in [1.29, 1.82) is 0 Å². The molecule has 0 heterocycles. The number of fused-ring (bicyclic) bond motifs is 1. The molecule has 41 heavy (non-hydrogen) atoms. The highest BCUT2D eigenvalue weighted by Crippen LogP contribution is 2.45. The number of rotatable bonds is 16. The Bertz CT molecular complexity index is 893. The second kappa shape index (κ2) is 17.2. The Morgan fingerprint density at radius 1 is 0.902 bits per heavy atom. The van der Waals surface area contributed by atoms with Crippen LogP contribution < -0.4 is 0 Å². The van der Waals surface area contributed by atoms with Crippen LogP contribution in [-0.2, 0) is 24.0 Å². The van der Waals surface area contributed by atoms with Crippen LogP contribution in [0.1, 0.15) is 133 Å². The molecule has 0 amide bonds. The molecule has 1 aromatic carbocycles. The van der Waals surface area contributed by atoms with E-state index in [1.165, 1.54) is 109 Å². The van der Waals surface area contributed by atoms with Gasteiger partial charge in [-0.3, -0.25) is 0 Å². The molecule has 0 radical (unpaired) electrons. The fourth-order valence-electron chi connectivity index (χ4n) is 8.63. The van der Waals surface area contributed by atoms with Gasteiger partial charge in [0.2, 0.25) is 0 Å². The zero-order chi connectivity index (χ0) is 29.0. The van der Waals surface area contributed by atoms with Crippen LogP contribution in [0.3, 0.4) is 0 Å². The maximum absolute atomic E-state index is 9.88. The Balaban J connectivity index is 1.12. The first-order chi connectivity index (χ1) is 20.0. The van der Waals surface area contributed by atoms with E-state index in [9.17, 15) is 10.2 Å². The molecule has 2 N–H and O–H groups in total. The summed E-state index contributed by atoms with van der Waals surface area (Å²) in [5.41, 5.74) is 5.53. The van der Waals surface area contributed by atoms with E-state index in [-0.39, 0.29) is 6.61 Å².